The summed E-state index contributed by atoms with van der Waals surface area (Å²) in [6, 6.07) is 16.5. The average molecular weight is 400 g/mol. The van der Waals surface area contributed by atoms with Gasteiger partial charge in [-0.2, -0.15) is 18.2 Å². The summed E-state index contributed by atoms with van der Waals surface area (Å²) in [6.07, 6.45) is 0.409. The fraction of sp³-hybridized carbons (Fsp3) is 0.273. The summed E-state index contributed by atoms with van der Waals surface area (Å²) < 4.78 is 40.4. The molecule has 0 aliphatic carbocycles. The molecule has 7 heteroatoms. The van der Waals surface area contributed by atoms with E-state index in [2.05, 4.69) is 27.5 Å². The Hall–Kier alpha value is -3.09. The summed E-state index contributed by atoms with van der Waals surface area (Å²) in [7, 11) is 0. The molecule has 29 heavy (non-hydrogen) atoms. The first-order chi connectivity index (χ1) is 14.0. The molecule has 0 spiro atoms. The molecular weight excluding hydrogens is 377 g/mol. The Morgan fingerprint density at radius 2 is 1.66 bits per heavy atom. The lowest BCUT2D eigenvalue weighted by Crippen LogP contribution is -2.12. The van der Waals surface area contributed by atoms with Crippen molar-refractivity contribution < 1.29 is 13.2 Å². The summed E-state index contributed by atoms with van der Waals surface area (Å²) >= 11 is 0. The normalized spacial score (nSPS) is 11.3. The van der Waals surface area contributed by atoms with Crippen LogP contribution in [0.25, 0.3) is 0 Å². The van der Waals surface area contributed by atoms with Crippen molar-refractivity contribution in [3.8, 4) is 0 Å². The number of alkyl halides is 3. The van der Waals surface area contributed by atoms with Gasteiger partial charge in [-0.05, 0) is 42.7 Å². The minimum Gasteiger partial charge on any atom is -0.340 e. The van der Waals surface area contributed by atoms with Crippen LogP contribution < -0.4 is 10.6 Å². The number of hydrogen-bond donors (Lipinski definition) is 2. The minimum atomic E-state index is -4.56. The van der Waals surface area contributed by atoms with Gasteiger partial charge in [-0.3, -0.25) is 0 Å². The molecule has 4 nitrogen and oxygen atoms in total. The predicted octanol–water partition coefficient (Wildman–Crippen LogP) is 6.72. The zero-order valence-electron chi connectivity index (χ0n) is 16.1. The highest BCUT2D eigenvalue weighted by atomic mass is 19.4. The van der Waals surface area contributed by atoms with E-state index >= 15 is 0 Å². The Morgan fingerprint density at radius 3 is 2.38 bits per heavy atom. The van der Waals surface area contributed by atoms with E-state index in [4.69, 9.17) is 0 Å². The van der Waals surface area contributed by atoms with E-state index < -0.39 is 11.7 Å². The van der Waals surface area contributed by atoms with Gasteiger partial charge in [0, 0.05) is 17.6 Å². The maximum atomic E-state index is 13.5. The van der Waals surface area contributed by atoms with Gasteiger partial charge in [0.1, 0.15) is 11.4 Å². The van der Waals surface area contributed by atoms with Gasteiger partial charge < -0.3 is 10.6 Å². The number of halogens is 3. The number of nitrogens with zero attached hydrogens (tertiary/aromatic N) is 2. The molecule has 0 fully saturated rings. The highest BCUT2D eigenvalue weighted by molar-refractivity contribution is 5.63. The molecule has 1 heterocycles. The molecule has 0 aliphatic rings. The van der Waals surface area contributed by atoms with Crippen molar-refractivity contribution in [2.24, 2.45) is 0 Å². The summed E-state index contributed by atoms with van der Waals surface area (Å²) in [6.45, 7) is 2.13. The zero-order valence-corrected chi connectivity index (χ0v) is 16.1. The molecule has 0 aliphatic heterocycles. The first kappa shape index (κ1) is 20.6. The summed E-state index contributed by atoms with van der Waals surface area (Å²) in [5.74, 6) is -0.192. The molecule has 2 aromatic carbocycles. The number of aromatic nitrogens is 2. The van der Waals surface area contributed by atoms with Gasteiger partial charge in [-0.1, -0.05) is 50.1 Å². The third-order valence-corrected chi connectivity index (χ3v) is 4.38. The average Bonchev–Trinajstić information content (AvgIpc) is 2.69. The van der Waals surface area contributed by atoms with Crippen molar-refractivity contribution in [1.82, 2.24) is 9.97 Å². The lowest BCUT2D eigenvalue weighted by Gasteiger charge is -2.15. The van der Waals surface area contributed by atoms with E-state index in [9.17, 15) is 13.2 Å². The molecule has 0 saturated heterocycles. The molecule has 2 N–H and O–H groups in total. The number of benzene rings is 2. The van der Waals surface area contributed by atoms with E-state index in [1.807, 2.05) is 36.4 Å². The summed E-state index contributed by atoms with van der Waals surface area (Å²) in [5.41, 5.74) is 1.42. The van der Waals surface area contributed by atoms with Gasteiger partial charge >= 0.3 is 6.18 Å². The highest BCUT2D eigenvalue weighted by Gasteiger charge is 2.35. The van der Waals surface area contributed by atoms with Crippen LogP contribution in [-0.2, 0) is 12.6 Å². The van der Waals surface area contributed by atoms with Crippen LogP contribution in [0.1, 0.15) is 37.3 Å². The lowest BCUT2D eigenvalue weighted by atomic mass is 10.1. The van der Waals surface area contributed by atoms with Gasteiger partial charge in [-0.25, -0.2) is 4.98 Å². The van der Waals surface area contributed by atoms with Gasteiger partial charge in [-0.15, -0.1) is 0 Å². The maximum absolute atomic E-state index is 13.5. The van der Waals surface area contributed by atoms with Crippen LogP contribution in [0.15, 0.2) is 60.8 Å². The summed E-state index contributed by atoms with van der Waals surface area (Å²) in [4.78, 5) is 7.91. The Morgan fingerprint density at radius 1 is 0.897 bits per heavy atom. The topological polar surface area (TPSA) is 49.8 Å². The van der Waals surface area contributed by atoms with E-state index in [-0.39, 0.29) is 11.8 Å². The Balaban J connectivity index is 1.86. The third-order valence-electron chi connectivity index (χ3n) is 4.38. The monoisotopic (exact) mass is 400 g/mol. The van der Waals surface area contributed by atoms with Crippen molar-refractivity contribution in [1.29, 1.82) is 0 Å². The minimum absolute atomic E-state index is 0.0887. The molecule has 0 atom stereocenters. The second-order valence-corrected chi connectivity index (χ2v) is 6.73. The van der Waals surface area contributed by atoms with Crippen molar-refractivity contribution in [3.05, 3.63) is 71.9 Å². The zero-order chi connectivity index (χ0) is 20.7. The number of unbranched alkanes of at least 4 members (excludes halogenated alkanes) is 2. The van der Waals surface area contributed by atoms with Crippen LogP contribution >= 0.6 is 0 Å². The Bertz CT molecular complexity index is 927. The van der Waals surface area contributed by atoms with Crippen LogP contribution in [-0.4, -0.2) is 9.97 Å². The van der Waals surface area contributed by atoms with Crippen molar-refractivity contribution in [2.75, 3.05) is 10.6 Å². The summed E-state index contributed by atoms with van der Waals surface area (Å²) in [5, 5.41) is 5.75. The van der Waals surface area contributed by atoms with Crippen LogP contribution in [0.5, 0.6) is 0 Å². The fourth-order valence-electron chi connectivity index (χ4n) is 2.92. The van der Waals surface area contributed by atoms with Gasteiger partial charge in [0.05, 0.1) is 0 Å². The van der Waals surface area contributed by atoms with Crippen molar-refractivity contribution in [3.63, 3.8) is 0 Å². The standard InChI is InChI=1S/C22H23F3N4/c1-2-3-5-9-16-10-8-13-18(14-16)27-20-19(22(23,24)25)15-26-21(29-20)28-17-11-6-4-7-12-17/h4,6-8,10-15H,2-3,5,9H2,1H3,(H2,26,27,28,29). The van der Waals surface area contributed by atoms with Crippen LogP contribution in [0.2, 0.25) is 0 Å². The molecule has 0 amide bonds. The molecule has 0 unspecified atom stereocenters. The number of para-hydroxylation sites is 1. The molecule has 0 bridgehead atoms. The molecule has 0 radical (unpaired) electrons. The second kappa shape index (κ2) is 9.41. The number of rotatable bonds is 8. The lowest BCUT2D eigenvalue weighted by molar-refractivity contribution is -0.137. The van der Waals surface area contributed by atoms with Gasteiger partial charge in [0.15, 0.2) is 0 Å². The van der Waals surface area contributed by atoms with Crippen LogP contribution in [0, 0.1) is 0 Å². The number of hydrogen-bond acceptors (Lipinski definition) is 4. The predicted molar refractivity (Wildman–Crippen MR) is 110 cm³/mol. The van der Waals surface area contributed by atoms with Gasteiger partial charge in [0.2, 0.25) is 5.95 Å². The highest BCUT2D eigenvalue weighted by Crippen LogP contribution is 2.35. The van der Waals surface area contributed by atoms with Crippen molar-refractivity contribution in [2.45, 2.75) is 38.8 Å². The van der Waals surface area contributed by atoms with E-state index in [1.165, 1.54) is 0 Å². The maximum Gasteiger partial charge on any atom is 0.421 e. The van der Waals surface area contributed by atoms with Crippen LogP contribution in [0.4, 0.5) is 36.3 Å². The molecule has 0 saturated carbocycles. The molecule has 3 aromatic rings. The fourth-order valence-corrected chi connectivity index (χ4v) is 2.92. The van der Waals surface area contributed by atoms with Crippen LogP contribution in [0.3, 0.4) is 0 Å². The molecule has 1 aromatic heterocycles. The smallest absolute Gasteiger partial charge is 0.340 e. The first-order valence-corrected chi connectivity index (χ1v) is 9.58. The molecular formula is C22H23F3N4. The van der Waals surface area contributed by atoms with E-state index in [0.29, 0.717) is 11.4 Å². The number of nitrogens with one attached hydrogen (secondary N) is 2. The van der Waals surface area contributed by atoms with Crippen molar-refractivity contribution >= 4 is 23.1 Å². The number of anilines is 4. The molecule has 3 rings (SSSR count). The van der Waals surface area contributed by atoms with Gasteiger partial charge in [0.25, 0.3) is 0 Å². The third kappa shape index (κ3) is 5.94. The second-order valence-electron chi connectivity index (χ2n) is 6.73. The Labute approximate surface area is 168 Å². The Kier molecular flexibility index (Phi) is 6.69. The van der Waals surface area contributed by atoms with E-state index in [0.717, 1.165) is 37.4 Å². The quantitative estimate of drug-likeness (QED) is 0.412. The van der Waals surface area contributed by atoms with E-state index in [1.54, 1.807) is 18.2 Å². The number of aryl methyl sites for hydroxylation is 1. The SMILES string of the molecule is CCCCCc1cccc(Nc2nc(Nc3ccccc3)ncc2C(F)(F)F)c1. The largest absolute Gasteiger partial charge is 0.421 e. The molecule has 152 valence electrons. The first-order valence-electron chi connectivity index (χ1n) is 9.58.